The fraction of sp³-hybridized carbons (Fsp3) is 0.357. The number of sulfonamides is 1. The highest BCUT2D eigenvalue weighted by Gasteiger charge is 2.33. The van der Waals surface area contributed by atoms with Crippen molar-refractivity contribution in [3.63, 3.8) is 0 Å². The molecule has 122 valence electrons. The topological polar surface area (TPSA) is 97.3 Å². The van der Waals surface area contributed by atoms with E-state index in [1.807, 2.05) is 0 Å². The first-order valence-corrected chi connectivity index (χ1v) is 8.57. The van der Waals surface area contributed by atoms with Gasteiger partial charge in [-0.15, -0.1) is 0 Å². The van der Waals surface area contributed by atoms with Gasteiger partial charge in [0.05, 0.1) is 6.61 Å². The normalized spacial score (nSPS) is 19.4. The highest BCUT2D eigenvalue weighted by molar-refractivity contribution is 7.89. The molecule has 3 heterocycles. The zero-order valence-corrected chi connectivity index (χ0v) is 13.4. The van der Waals surface area contributed by atoms with Crippen LogP contribution in [0.1, 0.15) is 11.8 Å². The number of pyridine rings is 1. The van der Waals surface area contributed by atoms with Crippen molar-refractivity contribution < 1.29 is 13.2 Å². The zero-order valence-electron chi connectivity index (χ0n) is 12.6. The Labute approximate surface area is 134 Å². The highest BCUT2D eigenvalue weighted by atomic mass is 32.2. The van der Waals surface area contributed by atoms with Crippen LogP contribution in [0.4, 0.5) is 5.82 Å². The first-order chi connectivity index (χ1) is 11.1. The molecule has 0 spiro atoms. The number of rotatable bonds is 4. The number of morpholine rings is 1. The van der Waals surface area contributed by atoms with Crippen LogP contribution in [-0.2, 0) is 14.8 Å². The molecule has 0 saturated carbocycles. The third kappa shape index (κ3) is 3.16. The number of aromatic nitrogens is 3. The summed E-state index contributed by atoms with van der Waals surface area (Å²) in [5, 5.41) is 2.95. The molecule has 1 aliphatic rings. The fourth-order valence-corrected chi connectivity index (χ4v) is 3.82. The predicted octanol–water partition coefficient (Wildman–Crippen LogP) is 0.675. The van der Waals surface area contributed by atoms with Gasteiger partial charge in [0.2, 0.25) is 10.0 Å². The van der Waals surface area contributed by atoms with Gasteiger partial charge < -0.3 is 10.1 Å². The maximum Gasteiger partial charge on any atom is 0.244 e. The lowest BCUT2D eigenvalue weighted by molar-refractivity contribution is -0.00469. The largest absolute Gasteiger partial charge is 0.372 e. The SMILES string of the molecule is CNc1nccnc1C1CN(S(=O)(=O)c2cccnc2)CCO1. The van der Waals surface area contributed by atoms with E-state index >= 15 is 0 Å². The summed E-state index contributed by atoms with van der Waals surface area (Å²) in [5.74, 6) is 0.582. The molecule has 1 atom stereocenters. The molecule has 0 radical (unpaired) electrons. The van der Waals surface area contributed by atoms with Crippen LogP contribution in [-0.4, -0.2) is 54.4 Å². The maximum absolute atomic E-state index is 12.7. The second kappa shape index (κ2) is 6.57. The molecular formula is C14H17N5O3S. The van der Waals surface area contributed by atoms with E-state index in [-0.39, 0.29) is 11.4 Å². The molecule has 2 aromatic rings. The number of nitrogens with zero attached hydrogens (tertiary/aromatic N) is 4. The first kappa shape index (κ1) is 15.8. The number of hydrogen-bond acceptors (Lipinski definition) is 7. The van der Waals surface area contributed by atoms with Gasteiger partial charge in [-0.1, -0.05) is 0 Å². The Hall–Kier alpha value is -2.10. The summed E-state index contributed by atoms with van der Waals surface area (Å²) >= 11 is 0. The minimum absolute atomic E-state index is 0.175. The lowest BCUT2D eigenvalue weighted by Gasteiger charge is -2.32. The molecule has 0 amide bonds. The lowest BCUT2D eigenvalue weighted by Crippen LogP contribution is -2.42. The van der Waals surface area contributed by atoms with Gasteiger partial charge in [-0.25, -0.2) is 13.4 Å². The van der Waals surface area contributed by atoms with E-state index in [0.29, 0.717) is 24.7 Å². The molecule has 1 saturated heterocycles. The molecule has 1 fully saturated rings. The van der Waals surface area contributed by atoms with Crippen molar-refractivity contribution in [2.75, 3.05) is 32.1 Å². The van der Waals surface area contributed by atoms with Crippen LogP contribution in [0.25, 0.3) is 0 Å². The van der Waals surface area contributed by atoms with E-state index < -0.39 is 16.1 Å². The fourth-order valence-electron chi connectivity index (χ4n) is 2.44. The van der Waals surface area contributed by atoms with Crippen molar-refractivity contribution in [1.29, 1.82) is 0 Å². The summed E-state index contributed by atoms with van der Waals surface area (Å²) in [6, 6.07) is 3.14. The van der Waals surface area contributed by atoms with Gasteiger partial charge in [-0.05, 0) is 12.1 Å². The van der Waals surface area contributed by atoms with Gasteiger partial charge in [0.1, 0.15) is 22.5 Å². The Morgan fingerprint density at radius 3 is 2.87 bits per heavy atom. The molecule has 1 unspecified atom stereocenters. The number of hydrogen-bond donors (Lipinski definition) is 1. The van der Waals surface area contributed by atoms with Gasteiger partial charge >= 0.3 is 0 Å². The van der Waals surface area contributed by atoms with Gasteiger partial charge in [0, 0.05) is 44.9 Å². The number of ether oxygens (including phenoxy) is 1. The molecule has 9 heteroatoms. The van der Waals surface area contributed by atoms with Crippen LogP contribution in [0.2, 0.25) is 0 Å². The second-order valence-corrected chi connectivity index (χ2v) is 6.89. The van der Waals surface area contributed by atoms with E-state index in [1.54, 1.807) is 31.7 Å². The molecule has 0 aliphatic carbocycles. The summed E-state index contributed by atoms with van der Waals surface area (Å²) < 4.78 is 32.5. The minimum atomic E-state index is -3.60. The standard InChI is InChI=1S/C14H17N5O3S/c1-15-14-13(17-5-6-18-14)12-10-19(7-8-22-12)23(20,21)11-3-2-4-16-9-11/h2-6,9,12H,7-8,10H2,1H3,(H,15,18). The van der Waals surface area contributed by atoms with Gasteiger partial charge in [0.25, 0.3) is 0 Å². The van der Waals surface area contributed by atoms with Crippen molar-refractivity contribution in [2.24, 2.45) is 0 Å². The zero-order chi connectivity index (χ0) is 16.3. The highest BCUT2D eigenvalue weighted by Crippen LogP contribution is 2.27. The van der Waals surface area contributed by atoms with Crippen molar-refractivity contribution in [3.05, 3.63) is 42.6 Å². The molecule has 23 heavy (non-hydrogen) atoms. The van der Waals surface area contributed by atoms with E-state index in [2.05, 4.69) is 20.3 Å². The van der Waals surface area contributed by atoms with Crippen molar-refractivity contribution in [2.45, 2.75) is 11.0 Å². The van der Waals surface area contributed by atoms with E-state index in [0.717, 1.165) is 0 Å². The molecule has 3 rings (SSSR count). The summed E-state index contributed by atoms with van der Waals surface area (Å²) in [7, 11) is -1.86. The molecule has 0 bridgehead atoms. The molecule has 1 aliphatic heterocycles. The van der Waals surface area contributed by atoms with Crippen LogP contribution in [0.3, 0.4) is 0 Å². The van der Waals surface area contributed by atoms with Gasteiger partial charge in [-0.2, -0.15) is 4.31 Å². The molecule has 2 aromatic heterocycles. The van der Waals surface area contributed by atoms with E-state index in [9.17, 15) is 8.42 Å². The second-order valence-electron chi connectivity index (χ2n) is 4.95. The summed E-state index contributed by atoms with van der Waals surface area (Å²) in [6.45, 7) is 0.775. The molecular weight excluding hydrogens is 318 g/mol. The van der Waals surface area contributed by atoms with Crippen molar-refractivity contribution >= 4 is 15.8 Å². The summed E-state index contributed by atoms with van der Waals surface area (Å²) in [5.41, 5.74) is 0.598. The predicted molar refractivity (Wildman–Crippen MR) is 83.3 cm³/mol. The Bertz CT molecular complexity index is 769. The Balaban J connectivity index is 1.87. The molecule has 0 aromatic carbocycles. The first-order valence-electron chi connectivity index (χ1n) is 7.13. The van der Waals surface area contributed by atoms with Crippen LogP contribution in [0, 0.1) is 0 Å². The molecule has 1 N–H and O–H groups in total. The smallest absolute Gasteiger partial charge is 0.244 e. The summed E-state index contributed by atoms with van der Waals surface area (Å²) in [4.78, 5) is 12.5. The summed E-state index contributed by atoms with van der Waals surface area (Å²) in [6.07, 6.45) is 5.56. The van der Waals surface area contributed by atoms with Crippen LogP contribution in [0.15, 0.2) is 41.8 Å². The van der Waals surface area contributed by atoms with E-state index in [4.69, 9.17) is 4.74 Å². The van der Waals surface area contributed by atoms with Crippen molar-refractivity contribution in [3.8, 4) is 0 Å². The average molecular weight is 335 g/mol. The monoisotopic (exact) mass is 335 g/mol. The van der Waals surface area contributed by atoms with Crippen molar-refractivity contribution in [1.82, 2.24) is 19.3 Å². The van der Waals surface area contributed by atoms with Crippen LogP contribution < -0.4 is 5.32 Å². The lowest BCUT2D eigenvalue weighted by atomic mass is 10.2. The maximum atomic E-state index is 12.7. The van der Waals surface area contributed by atoms with E-state index in [1.165, 1.54) is 16.6 Å². The molecule has 8 nitrogen and oxygen atoms in total. The van der Waals surface area contributed by atoms with Crippen LogP contribution in [0.5, 0.6) is 0 Å². The van der Waals surface area contributed by atoms with Gasteiger partial charge in [-0.3, -0.25) is 9.97 Å². The quantitative estimate of drug-likeness (QED) is 0.877. The van der Waals surface area contributed by atoms with Crippen LogP contribution >= 0.6 is 0 Å². The minimum Gasteiger partial charge on any atom is -0.372 e. The third-order valence-corrected chi connectivity index (χ3v) is 5.42. The Morgan fingerprint density at radius 2 is 2.13 bits per heavy atom. The average Bonchev–Trinajstić information content (AvgIpc) is 2.62. The Morgan fingerprint density at radius 1 is 1.30 bits per heavy atom. The third-order valence-electron chi connectivity index (χ3n) is 3.57. The van der Waals surface area contributed by atoms with Gasteiger partial charge in [0.15, 0.2) is 0 Å². The Kier molecular flexibility index (Phi) is 4.51. The number of anilines is 1. The number of nitrogens with one attached hydrogen (secondary N) is 1.